The van der Waals surface area contributed by atoms with E-state index in [1.54, 1.807) is 12.4 Å². The smallest absolute Gasteiger partial charge is 0.315 e. The fourth-order valence-electron chi connectivity index (χ4n) is 4.60. The van der Waals surface area contributed by atoms with Crippen molar-refractivity contribution in [3.8, 4) is 0 Å². The number of allylic oxidation sites excluding steroid dienone is 2. The van der Waals surface area contributed by atoms with E-state index in [1.165, 1.54) is 0 Å². The Labute approximate surface area is 183 Å². The molecular weight excluding hydrogens is 388 g/mol. The summed E-state index contributed by atoms with van der Waals surface area (Å²) in [5.41, 5.74) is 4.14. The zero-order valence-corrected chi connectivity index (χ0v) is 18.2. The Hall–Kier alpha value is -3.08. The van der Waals surface area contributed by atoms with Gasteiger partial charge in [-0.15, -0.1) is 0 Å². The van der Waals surface area contributed by atoms with E-state index in [1.807, 2.05) is 51.1 Å². The Kier molecular flexibility index (Phi) is 6.12. The van der Waals surface area contributed by atoms with E-state index in [9.17, 15) is 9.59 Å². The molecule has 1 unspecified atom stereocenters. The molecule has 0 saturated heterocycles. The first-order valence-corrected chi connectivity index (χ1v) is 11.0. The van der Waals surface area contributed by atoms with Crippen LogP contribution in [0.25, 0.3) is 0 Å². The molecule has 2 heterocycles. The first-order chi connectivity index (χ1) is 15.0. The van der Waals surface area contributed by atoms with Crippen LogP contribution >= 0.6 is 0 Å². The lowest BCUT2D eigenvalue weighted by Crippen LogP contribution is -2.39. The molecule has 1 aromatic carbocycles. The molecule has 0 amide bonds. The molecule has 160 valence electrons. The Bertz CT molecular complexity index is 1030. The van der Waals surface area contributed by atoms with Crippen molar-refractivity contribution in [2.24, 2.45) is 10.9 Å². The summed E-state index contributed by atoms with van der Waals surface area (Å²) >= 11 is 0. The number of ether oxygens (including phenoxy) is 1. The minimum absolute atomic E-state index is 0.0570. The predicted molar refractivity (Wildman–Crippen MR) is 120 cm³/mol. The van der Waals surface area contributed by atoms with Gasteiger partial charge in [0.25, 0.3) is 0 Å². The normalized spacial score (nSPS) is 24.3. The number of carbonyl (C=O) groups excluding carboxylic acids is 2. The van der Waals surface area contributed by atoms with Crippen molar-refractivity contribution >= 4 is 17.5 Å². The van der Waals surface area contributed by atoms with Crippen molar-refractivity contribution < 1.29 is 14.3 Å². The second-order valence-corrected chi connectivity index (χ2v) is 8.45. The second kappa shape index (κ2) is 8.96. The van der Waals surface area contributed by atoms with Gasteiger partial charge in [-0.2, -0.15) is 0 Å². The topological polar surface area (TPSA) is 68.6 Å². The summed E-state index contributed by atoms with van der Waals surface area (Å²) in [6.07, 6.45) is 5.09. The lowest BCUT2D eigenvalue weighted by atomic mass is 9.69. The number of nitrogens with zero attached hydrogens (tertiary/aromatic N) is 2. The Morgan fingerprint density at radius 3 is 2.55 bits per heavy atom. The minimum atomic E-state index is -0.617. The lowest BCUT2D eigenvalue weighted by Gasteiger charge is -2.36. The van der Waals surface area contributed by atoms with E-state index in [0.717, 1.165) is 23.2 Å². The van der Waals surface area contributed by atoms with Gasteiger partial charge in [0.15, 0.2) is 5.78 Å². The van der Waals surface area contributed by atoms with Crippen LogP contribution < -0.4 is 0 Å². The van der Waals surface area contributed by atoms with Gasteiger partial charge in [0.1, 0.15) is 5.92 Å². The monoisotopic (exact) mass is 416 g/mol. The van der Waals surface area contributed by atoms with Crippen molar-refractivity contribution in [3.05, 3.63) is 77.3 Å². The maximum atomic E-state index is 13.4. The molecule has 0 N–H and O–H groups in total. The molecule has 4 atom stereocenters. The Morgan fingerprint density at radius 2 is 1.87 bits per heavy atom. The summed E-state index contributed by atoms with van der Waals surface area (Å²) in [4.78, 5) is 35.7. The van der Waals surface area contributed by atoms with Crippen LogP contribution in [0.15, 0.2) is 71.1 Å². The van der Waals surface area contributed by atoms with Crippen molar-refractivity contribution in [3.63, 3.8) is 0 Å². The molecule has 1 aliphatic carbocycles. The number of hydrogen-bond acceptors (Lipinski definition) is 5. The molecule has 2 aliphatic rings. The highest BCUT2D eigenvalue weighted by Crippen LogP contribution is 2.46. The number of aliphatic imine (C=N–C) groups is 1. The van der Waals surface area contributed by atoms with Crippen LogP contribution in [-0.4, -0.2) is 28.6 Å². The van der Waals surface area contributed by atoms with Crippen LogP contribution in [0.2, 0.25) is 0 Å². The van der Waals surface area contributed by atoms with Crippen LogP contribution in [-0.2, 0) is 14.3 Å². The van der Waals surface area contributed by atoms with Crippen LogP contribution in [0.4, 0.5) is 0 Å². The van der Waals surface area contributed by atoms with E-state index >= 15 is 0 Å². The fourth-order valence-corrected chi connectivity index (χ4v) is 4.60. The van der Waals surface area contributed by atoms with Crippen molar-refractivity contribution in [1.29, 1.82) is 0 Å². The number of benzene rings is 1. The van der Waals surface area contributed by atoms with Gasteiger partial charge in [-0.1, -0.05) is 43.3 Å². The third-order valence-corrected chi connectivity index (χ3v) is 6.35. The molecule has 1 aliphatic heterocycles. The van der Waals surface area contributed by atoms with Gasteiger partial charge >= 0.3 is 5.97 Å². The maximum Gasteiger partial charge on any atom is 0.315 e. The summed E-state index contributed by atoms with van der Waals surface area (Å²) in [5, 5.41) is 0. The SMILES string of the molecule is CC[C@H](C)OC(=O)C1C(C)=NC2=C(C(=O)C[C@H](c3ccccc3)C2)[C@@H]1c1cccnc1. The third-order valence-electron chi connectivity index (χ3n) is 6.35. The molecule has 0 spiro atoms. The van der Waals surface area contributed by atoms with Gasteiger partial charge in [0.2, 0.25) is 0 Å². The number of hydrogen-bond donors (Lipinski definition) is 0. The summed E-state index contributed by atoms with van der Waals surface area (Å²) < 4.78 is 5.69. The summed E-state index contributed by atoms with van der Waals surface area (Å²) in [7, 11) is 0. The van der Waals surface area contributed by atoms with Crippen molar-refractivity contribution in [2.45, 2.75) is 58.0 Å². The molecule has 31 heavy (non-hydrogen) atoms. The second-order valence-electron chi connectivity index (χ2n) is 8.45. The van der Waals surface area contributed by atoms with E-state index in [-0.39, 0.29) is 23.8 Å². The molecular formula is C26H28N2O3. The van der Waals surface area contributed by atoms with Crippen LogP contribution in [0.5, 0.6) is 0 Å². The minimum Gasteiger partial charge on any atom is -0.462 e. The molecule has 0 saturated carbocycles. The third kappa shape index (κ3) is 4.22. The van der Waals surface area contributed by atoms with Gasteiger partial charge in [-0.25, -0.2) is 0 Å². The number of pyridine rings is 1. The van der Waals surface area contributed by atoms with Crippen molar-refractivity contribution in [2.75, 3.05) is 0 Å². The molecule has 0 fully saturated rings. The highest BCUT2D eigenvalue weighted by atomic mass is 16.5. The first-order valence-electron chi connectivity index (χ1n) is 11.0. The standard InChI is InChI=1S/C26H28N2O3/c1-4-16(2)31-26(30)23-17(3)28-21-13-20(18-9-6-5-7-10-18)14-22(29)25(21)24(23)19-11-8-12-27-15-19/h5-12,15-16,20,23-24H,4,13-14H2,1-3H3/t16-,20+,23?,24+/m0/s1. The molecule has 4 rings (SSSR count). The van der Waals surface area contributed by atoms with Gasteiger partial charge in [0, 0.05) is 41.7 Å². The molecule has 5 nitrogen and oxygen atoms in total. The predicted octanol–water partition coefficient (Wildman–Crippen LogP) is 5.00. The molecule has 5 heteroatoms. The van der Waals surface area contributed by atoms with Gasteiger partial charge < -0.3 is 4.74 Å². The highest BCUT2D eigenvalue weighted by molar-refractivity contribution is 6.09. The van der Waals surface area contributed by atoms with E-state index in [4.69, 9.17) is 9.73 Å². The number of Topliss-reactive ketones (excluding diaryl/α,β-unsaturated/α-hetero) is 1. The quantitative estimate of drug-likeness (QED) is 0.644. The zero-order chi connectivity index (χ0) is 22.0. The van der Waals surface area contributed by atoms with Gasteiger partial charge in [0.05, 0.1) is 6.10 Å². The van der Waals surface area contributed by atoms with Crippen LogP contribution in [0, 0.1) is 5.92 Å². The Balaban J connectivity index is 1.76. The number of esters is 1. The average Bonchev–Trinajstić information content (AvgIpc) is 2.79. The van der Waals surface area contributed by atoms with Crippen LogP contribution in [0.3, 0.4) is 0 Å². The lowest BCUT2D eigenvalue weighted by molar-refractivity contribution is -0.151. The van der Waals surface area contributed by atoms with Crippen LogP contribution in [0.1, 0.15) is 63.0 Å². The zero-order valence-electron chi connectivity index (χ0n) is 18.2. The molecule has 0 bridgehead atoms. The number of ketones is 1. The number of rotatable bonds is 5. The number of aromatic nitrogens is 1. The molecule has 0 radical (unpaired) electrons. The molecule has 1 aromatic heterocycles. The number of carbonyl (C=O) groups is 2. The highest BCUT2D eigenvalue weighted by Gasteiger charge is 2.45. The van der Waals surface area contributed by atoms with E-state index in [2.05, 4.69) is 17.1 Å². The summed E-state index contributed by atoms with van der Waals surface area (Å²) in [6, 6.07) is 13.9. The maximum absolute atomic E-state index is 13.4. The largest absolute Gasteiger partial charge is 0.462 e. The summed E-state index contributed by atoms with van der Waals surface area (Å²) in [5.74, 6) is -1.20. The first kappa shape index (κ1) is 21.2. The average molecular weight is 417 g/mol. The fraction of sp³-hybridized carbons (Fsp3) is 0.385. The van der Waals surface area contributed by atoms with Gasteiger partial charge in [-0.3, -0.25) is 19.6 Å². The Morgan fingerprint density at radius 1 is 1.13 bits per heavy atom. The molecule has 2 aromatic rings. The van der Waals surface area contributed by atoms with E-state index in [0.29, 0.717) is 24.1 Å². The van der Waals surface area contributed by atoms with Gasteiger partial charge in [-0.05, 0) is 49.8 Å². The summed E-state index contributed by atoms with van der Waals surface area (Å²) in [6.45, 7) is 5.73. The van der Waals surface area contributed by atoms with Crippen molar-refractivity contribution in [1.82, 2.24) is 4.98 Å². The van der Waals surface area contributed by atoms with E-state index < -0.39 is 11.8 Å².